The third-order valence-electron chi connectivity index (χ3n) is 4.16. The summed E-state index contributed by atoms with van der Waals surface area (Å²) in [6, 6.07) is 2.72. The summed E-state index contributed by atoms with van der Waals surface area (Å²) < 4.78 is 0. The van der Waals surface area contributed by atoms with E-state index in [1.54, 1.807) is 11.3 Å². The van der Waals surface area contributed by atoms with Crippen LogP contribution in [0.15, 0.2) is 6.07 Å². The third kappa shape index (κ3) is 3.18. The summed E-state index contributed by atoms with van der Waals surface area (Å²) in [4.78, 5) is 14.5. The van der Waals surface area contributed by atoms with Gasteiger partial charge in [-0.2, -0.15) is 0 Å². The predicted molar refractivity (Wildman–Crippen MR) is 78.9 cm³/mol. The number of aryl methyl sites for hydroxylation is 2. The lowest BCUT2D eigenvalue weighted by Gasteiger charge is -2.10. The number of fused-ring (bicyclic) bond motifs is 1. The van der Waals surface area contributed by atoms with Crippen LogP contribution >= 0.6 is 11.3 Å². The molecule has 0 aromatic carbocycles. The maximum atomic E-state index is 12.1. The van der Waals surface area contributed by atoms with Gasteiger partial charge in [0, 0.05) is 17.5 Å². The Morgan fingerprint density at radius 1 is 1.37 bits per heavy atom. The largest absolute Gasteiger partial charge is 0.351 e. The number of carbonyl (C=O) groups is 1. The van der Waals surface area contributed by atoms with E-state index in [-0.39, 0.29) is 5.91 Å². The standard InChI is InChI=1S/C15H22N2OS/c18-15(17-9-7-12-5-3-8-16-12)14-10-11-4-1-2-6-13(11)19-14/h10,12,16H,1-9H2,(H,17,18)/t12-/m0/s1. The molecule has 1 fully saturated rings. The Labute approximate surface area is 118 Å². The Kier molecular flexibility index (Phi) is 4.18. The van der Waals surface area contributed by atoms with E-state index in [9.17, 15) is 4.79 Å². The van der Waals surface area contributed by atoms with Gasteiger partial charge in [0.15, 0.2) is 0 Å². The zero-order chi connectivity index (χ0) is 13.1. The first kappa shape index (κ1) is 13.1. The Morgan fingerprint density at radius 2 is 2.26 bits per heavy atom. The predicted octanol–water partition coefficient (Wildman–Crippen LogP) is 2.50. The van der Waals surface area contributed by atoms with Crippen LogP contribution in [0.5, 0.6) is 0 Å². The minimum absolute atomic E-state index is 0.123. The molecule has 104 valence electrons. The lowest BCUT2D eigenvalue weighted by atomic mass is 9.99. The van der Waals surface area contributed by atoms with Gasteiger partial charge in [0.1, 0.15) is 0 Å². The molecule has 0 unspecified atom stereocenters. The maximum absolute atomic E-state index is 12.1. The van der Waals surface area contributed by atoms with Gasteiger partial charge in [-0.05, 0) is 63.1 Å². The summed E-state index contributed by atoms with van der Waals surface area (Å²) in [5.41, 5.74) is 1.42. The van der Waals surface area contributed by atoms with E-state index >= 15 is 0 Å². The fourth-order valence-electron chi connectivity index (χ4n) is 3.05. The fraction of sp³-hybridized carbons (Fsp3) is 0.667. The van der Waals surface area contributed by atoms with Crippen LogP contribution in [0.25, 0.3) is 0 Å². The lowest BCUT2D eigenvalue weighted by molar-refractivity contribution is 0.0956. The molecule has 1 aliphatic carbocycles. The van der Waals surface area contributed by atoms with E-state index in [0.717, 1.165) is 30.8 Å². The summed E-state index contributed by atoms with van der Waals surface area (Å²) >= 11 is 1.70. The van der Waals surface area contributed by atoms with Crippen molar-refractivity contribution in [1.29, 1.82) is 0 Å². The van der Waals surface area contributed by atoms with E-state index in [4.69, 9.17) is 0 Å². The van der Waals surface area contributed by atoms with Gasteiger partial charge in [-0.15, -0.1) is 11.3 Å². The second-order valence-electron chi connectivity index (χ2n) is 5.60. The van der Waals surface area contributed by atoms with Gasteiger partial charge in [-0.3, -0.25) is 4.79 Å². The highest BCUT2D eigenvalue weighted by Crippen LogP contribution is 2.29. The van der Waals surface area contributed by atoms with Crippen molar-refractivity contribution in [2.75, 3.05) is 13.1 Å². The first-order valence-electron chi connectivity index (χ1n) is 7.46. The zero-order valence-electron chi connectivity index (χ0n) is 11.3. The summed E-state index contributed by atoms with van der Waals surface area (Å²) in [6.07, 6.45) is 8.46. The molecule has 0 saturated carbocycles. The molecular weight excluding hydrogens is 256 g/mol. The molecule has 2 aliphatic rings. The van der Waals surface area contributed by atoms with Gasteiger partial charge >= 0.3 is 0 Å². The summed E-state index contributed by atoms with van der Waals surface area (Å²) in [6.45, 7) is 1.93. The van der Waals surface area contributed by atoms with E-state index in [1.807, 2.05) is 0 Å². The second-order valence-corrected chi connectivity index (χ2v) is 6.74. The second kappa shape index (κ2) is 6.06. The van der Waals surface area contributed by atoms with Crippen molar-refractivity contribution in [1.82, 2.24) is 10.6 Å². The van der Waals surface area contributed by atoms with Crippen LogP contribution in [0.3, 0.4) is 0 Å². The quantitative estimate of drug-likeness (QED) is 0.888. The molecule has 1 atom stereocenters. The highest BCUT2D eigenvalue weighted by atomic mass is 32.1. The van der Waals surface area contributed by atoms with Crippen LogP contribution < -0.4 is 10.6 Å². The minimum Gasteiger partial charge on any atom is -0.351 e. The minimum atomic E-state index is 0.123. The molecule has 0 spiro atoms. The number of amides is 1. The van der Waals surface area contributed by atoms with Crippen molar-refractivity contribution in [2.45, 2.75) is 51.0 Å². The lowest BCUT2D eigenvalue weighted by Crippen LogP contribution is -2.30. The van der Waals surface area contributed by atoms with E-state index in [1.165, 1.54) is 42.5 Å². The molecule has 0 bridgehead atoms. The molecular formula is C15H22N2OS. The molecule has 19 heavy (non-hydrogen) atoms. The van der Waals surface area contributed by atoms with Gasteiger partial charge in [0.05, 0.1) is 4.88 Å². The number of thiophene rings is 1. The molecule has 1 aliphatic heterocycles. The fourth-order valence-corrected chi connectivity index (χ4v) is 4.22. The molecule has 0 radical (unpaired) electrons. The average Bonchev–Trinajstić information content (AvgIpc) is 3.07. The Hall–Kier alpha value is -0.870. The van der Waals surface area contributed by atoms with Crippen LogP contribution in [-0.4, -0.2) is 25.0 Å². The molecule has 3 nitrogen and oxygen atoms in total. The summed E-state index contributed by atoms with van der Waals surface area (Å²) in [5, 5.41) is 6.53. The van der Waals surface area contributed by atoms with Gasteiger partial charge in [-0.25, -0.2) is 0 Å². The molecule has 1 amide bonds. The van der Waals surface area contributed by atoms with Gasteiger partial charge < -0.3 is 10.6 Å². The van der Waals surface area contributed by atoms with Crippen molar-refractivity contribution in [3.63, 3.8) is 0 Å². The first-order valence-corrected chi connectivity index (χ1v) is 8.28. The van der Waals surface area contributed by atoms with Crippen LogP contribution in [-0.2, 0) is 12.8 Å². The third-order valence-corrected chi connectivity index (χ3v) is 5.40. The van der Waals surface area contributed by atoms with Crippen molar-refractivity contribution >= 4 is 17.2 Å². The van der Waals surface area contributed by atoms with Crippen molar-refractivity contribution in [2.24, 2.45) is 0 Å². The van der Waals surface area contributed by atoms with E-state index in [0.29, 0.717) is 6.04 Å². The maximum Gasteiger partial charge on any atom is 0.261 e. The molecule has 2 N–H and O–H groups in total. The Balaban J connectivity index is 1.50. The zero-order valence-corrected chi connectivity index (χ0v) is 12.2. The number of hydrogen-bond donors (Lipinski definition) is 2. The highest BCUT2D eigenvalue weighted by molar-refractivity contribution is 7.14. The number of carbonyl (C=O) groups excluding carboxylic acids is 1. The SMILES string of the molecule is O=C(NCC[C@@H]1CCCN1)c1cc2c(s1)CCCC2. The van der Waals surface area contributed by atoms with E-state index < -0.39 is 0 Å². The molecule has 1 aromatic rings. The van der Waals surface area contributed by atoms with Crippen molar-refractivity contribution < 1.29 is 4.79 Å². The molecule has 2 heterocycles. The van der Waals surface area contributed by atoms with Crippen molar-refractivity contribution in [3.8, 4) is 0 Å². The average molecular weight is 278 g/mol. The molecule has 1 saturated heterocycles. The topological polar surface area (TPSA) is 41.1 Å². The van der Waals surface area contributed by atoms with E-state index in [2.05, 4.69) is 16.7 Å². The Bertz CT molecular complexity index is 425. The highest BCUT2D eigenvalue weighted by Gasteiger charge is 2.18. The Morgan fingerprint density at radius 3 is 3.05 bits per heavy atom. The van der Waals surface area contributed by atoms with Gasteiger partial charge in [-0.1, -0.05) is 0 Å². The van der Waals surface area contributed by atoms with Gasteiger partial charge in [0.25, 0.3) is 5.91 Å². The number of rotatable bonds is 4. The van der Waals surface area contributed by atoms with Crippen LogP contribution in [0, 0.1) is 0 Å². The molecule has 4 heteroatoms. The monoisotopic (exact) mass is 278 g/mol. The number of nitrogens with one attached hydrogen (secondary N) is 2. The van der Waals surface area contributed by atoms with Gasteiger partial charge in [0.2, 0.25) is 0 Å². The van der Waals surface area contributed by atoms with Crippen molar-refractivity contribution in [3.05, 3.63) is 21.4 Å². The normalized spacial score (nSPS) is 22.2. The number of hydrogen-bond acceptors (Lipinski definition) is 3. The first-order chi connectivity index (χ1) is 9.33. The smallest absolute Gasteiger partial charge is 0.261 e. The van der Waals surface area contributed by atoms with Crippen LogP contribution in [0.1, 0.15) is 52.2 Å². The summed E-state index contributed by atoms with van der Waals surface area (Å²) in [5.74, 6) is 0.123. The summed E-state index contributed by atoms with van der Waals surface area (Å²) in [7, 11) is 0. The molecule has 3 rings (SSSR count). The molecule has 1 aromatic heterocycles. The van der Waals surface area contributed by atoms with Crippen LogP contribution in [0.4, 0.5) is 0 Å². The van der Waals surface area contributed by atoms with Crippen LogP contribution in [0.2, 0.25) is 0 Å².